The molecule has 6 nitrogen and oxygen atoms in total. The second-order valence-corrected chi connectivity index (χ2v) is 4.83. The fourth-order valence-corrected chi connectivity index (χ4v) is 1.95. The molecule has 2 aromatic rings. The molecule has 112 valence electrons. The van der Waals surface area contributed by atoms with Crippen LogP contribution >= 0.6 is 11.6 Å². The Morgan fingerprint density at radius 1 is 1.18 bits per heavy atom. The summed E-state index contributed by atoms with van der Waals surface area (Å²) >= 11 is 5.93. The van der Waals surface area contributed by atoms with Crippen molar-refractivity contribution < 1.29 is 9.72 Å². The third-order valence-electron chi connectivity index (χ3n) is 2.94. The van der Waals surface area contributed by atoms with Crippen LogP contribution in [0.5, 0.6) is 0 Å². The van der Waals surface area contributed by atoms with E-state index in [1.165, 1.54) is 12.1 Å². The summed E-state index contributed by atoms with van der Waals surface area (Å²) in [6.07, 6.45) is 0. The second kappa shape index (κ2) is 6.82. The van der Waals surface area contributed by atoms with Gasteiger partial charge >= 0.3 is 0 Å². The van der Waals surface area contributed by atoms with Gasteiger partial charge in [0.05, 0.1) is 21.2 Å². The van der Waals surface area contributed by atoms with Gasteiger partial charge in [-0.3, -0.25) is 14.9 Å². The molecule has 0 aliphatic heterocycles. The predicted molar refractivity (Wildman–Crippen MR) is 84.2 cm³/mol. The topological polar surface area (TPSA) is 84.6 Å². The summed E-state index contributed by atoms with van der Waals surface area (Å²) in [5, 5.41) is 14.9. The zero-order chi connectivity index (χ0) is 16.1. The zero-order valence-corrected chi connectivity index (χ0v) is 12.4. The minimum absolute atomic E-state index is 0.00310. The van der Waals surface area contributed by atoms with Gasteiger partial charge in [0.15, 0.2) is 0 Å². The molecule has 7 heteroatoms. The van der Waals surface area contributed by atoms with Crippen LogP contribution in [0.3, 0.4) is 0 Å². The highest BCUT2D eigenvalue weighted by Gasteiger charge is 2.09. The Balaban J connectivity index is 2.11. The fraction of sp³-hybridized carbons (Fsp3) is 0.0667. The first-order valence-corrected chi connectivity index (χ1v) is 6.71. The van der Waals surface area contributed by atoms with E-state index in [-0.39, 0.29) is 5.69 Å². The summed E-state index contributed by atoms with van der Waals surface area (Å²) in [7, 11) is 0. The van der Waals surface area contributed by atoms with Crippen molar-refractivity contribution in [3.8, 4) is 0 Å². The van der Waals surface area contributed by atoms with E-state index in [1.807, 2.05) is 0 Å². The zero-order valence-electron chi connectivity index (χ0n) is 11.6. The van der Waals surface area contributed by atoms with Crippen LogP contribution in [0.1, 0.15) is 22.8 Å². The standard InChI is InChI=1S/C15H12ClN3O3/c1-10(11-6-8-12(9-7-11)19(21)22)17-18-15(20)13-4-2-3-5-14(13)16/h2-9H,1H3,(H,18,20)/b17-10-. The van der Waals surface area contributed by atoms with Gasteiger partial charge in [0.1, 0.15) is 0 Å². The quantitative estimate of drug-likeness (QED) is 0.533. The smallest absolute Gasteiger partial charge is 0.267 e. The summed E-state index contributed by atoms with van der Waals surface area (Å²) in [5.41, 5.74) is 3.92. The highest BCUT2D eigenvalue weighted by molar-refractivity contribution is 6.33. The van der Waals surface area contributed by atoms with E-state index in [4.69, 9.17) is 11.6 Å². The summed E-state index contributed by atoms with van der Waals surface area (Å²) in [6.45, 7) is 1.69. The molecule has 1 N–H and O–H groups in total. The van der Waals surface area contributed by atoms with E-state index in [0.717, 1.165) is 0 Å². The molecule has 0 bridgehead atoms. The van der Waals surface area contributed by atoms with Crippen molar-refractivity contribution in [1.29, 1.82) is 0 Å². The van der Waals surface area contributed by atoms with Gasteiger partial charge in [0.2, 0.25) is 0 Å². The molecule has 0 heterocycles. The van der Waals surface area contributed by atoms with Crippen molar-refractivity contribution in [3.05, 3.63) is 74.8 Å². The number of carbonyl (C=O) groups excluding carboxylic acids is 1. The lowest BCUT2D eigenvalue weighted by molar-refractivity contribution is -0.384. The van der Waals surface area contributed by atoms with Gasteiger partial charge in [0, 0.05) is 12.1 Å². The first-order chi connectivity index (χ1) is 10.5. The number of halogens is 1. The number of carbonyl (C=O) groups is 1. The van der Waals surface area contributed by atoms with Gasteiger partial charge in [-0.05, 0) is 36.8 Å². The monoisotopic (exact) mass is 317 g/mol. The van der Waals surface area contributed by atoms with Crippen LogP contribution in [0.15, 0.2) is 53.6 Å². The Kier molecular flexibility index (Phi) is 4.85. The number of nitrogens with zero attached hydrogens (tertiary/aromatic N) is 2. The third-order valence-corrected chi connectivity index (χ3v) is 3.27. The molecule has 0 saturated carbocycles. The molecule has 0 aliphatic rings. The molecule has 22 heavy (non-hydrogen) atoms. The van der Waals surface area contributed by atoms with Crippen LogP contribution < -0.4 is 5.43 Å². The number of benzene rings is 2. The van der Waals surface area contributed by atoms with Crippen LogP contribution in [-0.2, 0) is 0 Å². The molecule has 1 amide bonds. The number of amides is 1. The van der Waals surface area contributed by atoms with E-state index in [0.29, 0.717) is 21.9 Å². The van der Waals surface area contributed by atoms with Gasteiger partial charge in [-0.15, -0.1) is 0 Å². The number of hydrazone groups is 1. The molecule has 0 atom stereocenters. The molecule has 0 aromatic heterocycles. The van der Waals surface area contributed by atoms with Crippen LogP contribution in [0.4, 0.5) is 5.69 Å². The number of hydrogen-bond acceptors (Lipinski definition) is 4. The maximum Gasteiger partial charge on any atom is 0.272 e. The van der Waals surface area contributed by atoms with Gasteiger partial charge in [-0.2, -0.15) is 5.10 Å². The average Bonchev–Trinajstić information content (AvgIpc) is 2.52. The maximum atomic E-state index is 12.0. The van der Waals surface area contributed by atoms with E-state index in [2.05, 4.69) is 10.5 Å². The lowest BCUT2D eigenvalue weighted by atomic mass is 10.1. The molecule has 0 unspecified atom stereocenters. The Morgan fingerprint density at radius 2 is 1.82 bits per heavy atom. The van der Waals surface area contributed by atoms with Crippen molar-refractivity contribution in [2.24, 2.45) is 5.10 Å². The highest BCUT2D eigenvalue weighted by atomic mass is 35.5. The minimum Gasteiger partial charge on any atom is -0.267 e. The van der Waals surface area contributed by atoms with Crippen molar-refractivity contribution in [3.63, 3.8) is 0 Å². The summed E-state index contributed by atoms with van der Waals surface area (Å²) in [5.74, 6) is -0.424. The Morgan fingerprint density at radius 3 is 2.41 bits per heavy atom. The Bertz CT molecular complexity index is 742. The molecule has 0 spiro atoms. The lowest BCUT2D eigenvalue weighted by Gasteiger charge is -2.04. The Hall–Kier alpha value is -2.73. The largest absolute Gasteiger partial charge is 0.272 e. The van der Waals surface area contributed by atoms with Gasteiger partial charge in [-0.1, -0.05) is 23.7 Å². The van der Waals surface area contributed by atoms with Crippen molar-refractivity contribution in [2.75, 3.05) is 0 Å². The molecule has 0 saturated heterocycles. The van der Waals surface area contributed by atoms with E-state index >= 15 is 0 Å². The maximum absolute atomic E-state index is 12.0. The van der Waals surface area contributed by atoms with Crippen LogP contribution in [-0.4, -0.2) is 16.5 Å². The SMILES string of the molecule is C/C(=N/NC(=O)c1ccccc1Cl)c1ccc([N+](=O)[O-])cc1. The molecule has 0 fully saturated rings. The van der Waals surface area contributed by atoms with Gasteiger partial charge in [0.25, 0.3) is 11.6 Å². The van der Waals surface area contributed by atoms with Gasteiger partial charge < -0.3 is 0 Å². The first-order valence-electron chi connectivity index (χ1n) is 6.33. The molecule has 2 aromatic carbocycles. The number of non-ortho nitro benzene ring substituents is 1. The van der Waals surface area contributed by atoms with Crippen LogP contribution in [0.25, 0.3) is 0 Å². The number of hydrogen-bond donors (Lipinski definition) is 1. The molecular formula is C15H12ClN3O3. The normalized spacial score (nSPS) is 11.1. The first kappa shape index (κ1) is 15.7. The molecular weight excluding hydrogens is 306 g/mol. The summed E-state index contributed by atoms with van der Waals surface area (Å²) in [6, 6.07) is 12.5. The van der Waals surface area contributed by atoms with E-state index < -0.39 is 10.8 Å². The predicted octanol–water partition coefficient (Wildman–Crippen LogP) is 3.40. The number of nitrogens with one attached hydrogen (secondary N) is 1. The van der Waals surface area contributed by atoms with Crippen LogP contribution in [0.2, 0.25) is 5.02 Å². The van der Waals surface area contributed by atoms with Crippen molar-refractivity contribution >= 4 is 28.9 Å². The number of nitro groups is 1. The molecule has 2 rings (SSSR count). The third kappa shape index (κ3) is 3.67. The van der Waals surface area contributed by atoms with E-state index in [9.17, 15) is 14.9 Å². The van der Waals surface area contributed by atoms with Crippen LogP contribution in [0, 0.1) is 10.1 Å². The lowest BCUT2D eigenvalue weighted by Crippen LogP contribution is -2.19. The molecule has 0 radical (unpaired) electrons. The second-order valence-electron chi connectivity index (χ2n) is 4.42. The molecule has 0 aliphatic carbocycles. The average molecular weight is 318 g/mol. The summed E-state index contributed by atoms with van der Waals surface area (Å²) < 4.78 is 0. The van der Waals surface area contributed by atoms with Crippen molar-refractivity contribution in [1.82, 2.24) is 5.43 Å². The number of rotatable bonds is 4. The Labute approximate surface area is 131 Å². The minimum atomic E-state index is -0.477. The van der Waals surface area contributed by atoms with E-state index in [1.54, 1.807) is 43.3 Å². The summed E-state index contributed by atoms with van der Waals surface area (Å²) in [4.78, 5) is 22.1. The van der Waals surface area contributed by atoms with Crippen molar-refractivity contribution in [2.45, 2.75) is 6.92 Å². The highest BCUT2D eigenvalue weighted by Crippen LogP contribution is 2.15. The fourth-order valence-electron chi connectivity index (χ4n) is 1.73. The number of nitro benzene ring substituents is 1. The van der Waals surface area contributed by atoms with Gasteiger partial charge in [-0.25, -0.2) is 5.43 Å².